The van der Waals surface area contributed by atoms with Crippen molar-refractivity contribution in [3.8, 4) is 0 Å². The van der Waals surface area contributed by atoms with Crippen molar-refractivity contribution in [1.82, 2.24) is 4.90 Å². The Labute approximate surface area is 143 Å². The second-order valence-corrected chi connectivity index (χ2v) is 6.30. The molecule has 1 saturated heterocycles. The molecule has 3 nitrogen and oxygen atoms in total. The summed E-state index contributed by atoms with van der Waals surface area (Å²) in [5, 5.41) is 0. The molecule has 2 unspecified atom stereocenters. The van der Waals surface area contributed by atoms with E-state index >= 15 is 0 Å². The number of amides is 1. The Morgan fingerprint density at radius 1 is 0.958 bits per heavy atom. The topological polar surface area (TPSA) is 29.5 Å². The normalized spacial score (nSPS) is 21.6. The minimum atomic E-state index is 0.0615. The van der Waals surface area contributed by atoms with E-state index in [0.717, 1.165) is 16.7 Å². The summed E-state index contributed by atoms with van der Waals surface area (Å²) in [6, 6.07) is 19.8. The molecular formula is C21H23NO2. The van der Waals surface area contributed by atoms with Crippen LogP contribution in [0.4, 0.5) is 0 Å². The van der Waals surface area contributed by atoms with E-state index < -0.39 is 0 Å². The van der Waals surface area contributed by atoms with Crippen LogP contribution in [0.3, 0.4) is 0 Å². The summed E-state index contributed by atoms with van der Waals surface area (Å²) in [7, 11) is 0. The first-order valence-corrected chi connectivity index (χ1v) is 8.40. The number of hydrogen-bond donors (Lipinski definition) is 0. The van der Waals surface area contributed by atoms with E-state index in [4.69, 9.17) is 4.74 Å². The number of rotatable bonds is 3. The molecule has 2 atom stereocenters. The molecule has 0 aromatic heterocycles. The summed E-state index contributed by atoms with van der Waals surface area (Å²) < 4.78 is 5.76. The largest absolute Gasteiger partial charge is 0.372 e. The van der Waals surface area contributed by atoms with Gasteiger partial charge in [-0.2, -0.15) is 0 Å². The fourth-order valence-electron chi connectivity index (χ4n) is 3.12. The van der Waals surface area contributed by atoms with Gasteiger partial charge in [0.2, 0.25) is 0 Å². The van der Waals surface area contributed by atoms with Gasteiger partial charge in [0.15, 0.2) is 0 Å². The molecule has 0 bridgehead atoms. The van der Waals surface area contributed by atoms with Gasteiger partial charge in [0.1, 0.15) is 0 Å². The first kappa shape index (κ1) is 16.5. The molecule has 124 valence electrons. The molecule has 0 spiro atoms. The average molecular weight is 321 g/mol. The molecule has 3 rings (SSSR count). The minimum Gasteiger partial charge on any atom is -0.372 e. The summed E-state index contributed by atoms with van der Waals surface area (Å²) in [6.07, 6.45) is 2.10. The molecule has 3 heteroatoms. The lowest BCUT2D eigenvalue weighted by molar-refractivity contribution is -0.136. The lowest BCUT2D eigenvalue weighted by Crippen LogP contribution is -2.48. The Bertz CT molecular complexity index is 699. The number of ether oxygens (including phenoxy) is 1. The summed E-state index contributed by atoms with van der Waals surface area (Å²) in [6.45, 7) is 5.28. The third-order valence-electron chi connectivity index (χ3n) is 4.13. The fraction of sp³-hybridized carbons (Fsp3) is 0.286. The van der Waals surface area contributed by atoms with Gasteiger partial charge < -0.3 is 9.64 Å². The van der Waals surface area contributed by atoms with Crippen LogP contribution in [0.15, 0.2) is 60.7 Å². The number of carbonyl (C=O) groups excluding carboxylic acids is 1. The highest BCUT2D eigenvalue weighted by molar-refractivity contribution is 6.24. The van der Waals surface area contributed by atoms with Crippen LogP contribution in [0.5, 0.6) is 0 Å². The zero-order valence-corrected chi connectivity index (χ0v) is 14.2. The molecule has 1 fully saturated rings. The Kier molecular flexibility index (Phi) is 5.11. The molecule has 0 saturated carbocycles. The third kappa shape index (κ3) is 3.92. The van der Waals surface area contributed by atoms with Gasteiger partial charge in [-0.15, -0.1) is 0 Å². The zero-order valence-electron chi connectivity index (χ0n) is 14.2. The first-order chi connectivity index (χ1) is 11.6. The van der Waals surface area contributed by atoms with E-state index in [1.165, 1.54) is 0 Å². The molecule has 1 heterocycles. The van der Waals surface area contributed by atoms with Gasteiger partial charge in [0.25, 0.3) is 5.91 Å². The van der Waals surface area contributed by atoms with E-state index in [1.807, 2.05) is 85.5 Å². The SMILES string of the molecule is CC1CN(C(=O)/C(=C\c2ccccc2)c2ccccc2)CC(C)O1. The maximum atomic E-state index is 13.2. The van der Waals surface area contributed by atoms with Crippen molar-refractivity contribution in [1.29, 1.82) is 0 Å². The molecule has 1 aliphatic rings. The van der Waals surface area contributed by atoms with E-state index in [1.54, 1.807) is 0 Å². The van der Waals surface area contributed by atoms with Crippen molar-refractivity contribution in [2.45, 2.75) is 26.1 Å². The molecule has 0 N–H and O–H groups in total. The van der Waals surface area contributed by atoms with Crippen LogP contribution in [0, 0.1) is 0 Å². The summed E-state index contributed by atoms with van der Waals surface area (Å²) >= 11 is 0. The number of benzene rings is 2. The summed E-state index contributed by atoms with van der Waals surface area (Å²) in [5.74, 6) is 0.0621. The van der Waals surface area contributed by atoms with Crippen LogP contribution in [0.2, 0.25) is 0 Å². The van der Waals surface area contributed by atoms with Crippen LogP contribution in [-0.4, -0.2) is 36.1 Å². The molecule has 1 amide bonds. The van der Waals surface area contributed by atoms with Crippen molar-refractivity contribution in [3.63, 3.8) is 0 Å². The van der Waals surface area contributed by atoms with Crippen molar-refractivity contribution in [3.05, 3.63) is 71.8 Å². The van der Waals surface area contributed by atoms with Crippen LogP contribution in [0.1, 0.15) is 25.0 Å². The number of hydrogen-bond acceptors (Lipinski definition) is 2. The van der Waals surface area contributed by atoms with E-state index in [-0.39, 0.29) is 18.1 Å². The molecule has 0 radical (unpaired) electrons. The van der Waals surface area contributed by atoms with Gasteiger partial charge in [-0.1, -0.05) is 60.7 Å². The average Bonchev–Trinajstić information content (AvgIpc) is 2.60. The molecule has 0 aliphatic carbocycles. The second-order valence-electron chi connectivity index (χ2n) is 6.30. The summed E-state index contributed by atoms with van der Waals surface area (Å²) in [4.78, 5) is 15.1. The zero-order chi connectivity index (χ0) is 16.9. The van der Waals surface area contributed by atoms with Crippen molar-refractivity contribution in [2.75, 3.05) is 13.1 Å². The Morgan fingerprint density at radius 2 is 1.50 bits per heavy atom. The third-order valence-corrected chi connectivity index (χ3v) is 4.13. The number of carbonyl (C=O) groups is 1. The lowest BCUT2D eigenvalue weighted by Gasteiger charge is -2.35. The highest BCUT2D eigenvalue weighted by Crippen LogP contribution is 2.23. The number of morpholine rings is 1. The Morgan fingerprint density at radius 3 is 2.08 bits per heavy atom. The molecule has 2 aromatic rings. The molecular weight excluding hydrogens is 298 g/mol. The van der Waals surface area contributed by atoms with Gasteiger partial charge in [0, 0.05) is 18.7 Å². The molecule has 2 aromatic carbocycles. The Hall–Kier alpha value is -2.39. The monoisotopic (exact) mass is 321 g/mol. The van der Waals surface area contributed by atoms with Gasteiger partial charge in [-0.05, 0) is 31.1 Å². The predicted octanol–water partition coefficient (Wildman–Crippen LogP) is 3.86. The van der Waals surface area contributed by atoms with Crippen LogP contribution >= 0.6 is 0 Å². The summed E-state index contributed by atoms with van der Waals surface area (Å²) in [5.41, 5.74) is 2.69. The van der Waals surface area contributed by atoms with Crippen LogP contribution < -0.4 is 0 Å². The minimum absolute atomic E-state index is 0.0615. The quantitative estimate of drug-likeness (QED) is 0.634. The van der Waals surface area contributed by atoms with Crippen molar-refractivity contribution < 1.29 is 9.53 Å². The fourth-order valence-corrected chi connectivity index (χ4v) is 3.12. The van der Waals surface area contributed by atoms with E-state index in [9.17, 15) is 4.79 Å². The standard InChI is InChI=1S/C21H23NO2/c1-16-14-22(15-17(2)24-16)21(23)20(19-11-7-4-8-12-19)13-18-9-5-3-6-10-18/h3-13,16-17H,14-15H2,1-2H3/b20-13-. The van der Waals surface area contributed by atoms with E-state index in [2.05, 4.69) is 0 Å². The Balaban J connectivity index is 1.96. The van der Waals surface area contributed by atoms with Gasteiger partial charge in [0.05, 0.1) is 12.2 Å². The van der Waals surface area contributed by atoms with Gasteiger partial charge in [-0.25, -0.2) is 0 Å². The van der Waals surface area contributed by atoms with E-state index in [0.29, 0.717) is 13.1 Å². The molecule has 1 aliphatic heterocycles. The maximum Gasteiger partial charge on any atom is 0.254 e. The lowest BCUT2D eigenvalue weighted by atomic mass is 10.0. The smallest absolute Gasteiger partial charge is 0.254 e. The molecule has 24 heavy (non-hydrogen) atoms. The number of nitrogens with zero attached hydrogens (tertiary/aromatic N) is 1. The van der Waals surface area contributed by atoms with Gasteiger partial charge in [-0.3, -0.25) is 4.79 Å². The van der Waals surface area contributed by atoms with Gasteiger partial charge >= 0.3 is 0 Å². The highest BCUT2D eigenvalue weighted by Gasteiger charge is 2.28. The van der Waals surface area contributed by atoms with Crippen molar-refractivity contribution >= 4 is 17.6 Å². The first-order valence-electron chi connectivity index (χ1n) is 8.40. The second kappa shape index (κ2) is 7.45. The highest BCUT2D eigenvalue weighted by atomic mass is 16.5. The van der Waals surface area contributed by atoms with Crippen LogP contribution in [0.25, 0.3) is 11.6 Å². The van der Waals surface area contributed by atoms with Crippen molar-refractivity contribution in [2.24, 2.45) is 0 Å². The van der Waals surface area contributed by atoms with Crippen LogP contribution in [-0.2, 0) is 9.53 Å². The maximum absolute atomic E-state index is 13.2. The predicted molar refractivity (Wildman–Crippen MR) is 97.3 cm³/mol.